The molecule has 0 spiro atoms. The first-order valence-electron chi connectivity index (χ1n) is 7.37. The van der Waals surface area contributed by atoms with E-state index in [1.165, 1.54) is 16.4 Å². The van der Waals surface area contributed by atoms with Gasteiger partial charge in [0.25, 0.3) is 0 Å². The van der Waals surface area contributed by atoms with E-state index >= 15 is 0 Å². The van der Waals surface area contributed by atoms with Crippen molar-refractivity contribution >= 4 is 46.6 Å². The first kappa shape index (κ1) is 18.5. The number of nitrogens with one attached hydrogen (secondary N) is 1. The number of carbonyl (C=O) groups is 1. The molecule has 7 nitrogen and oxygen atoms in total. The molecule has 1 amide bonds. The van der Waals surface area contributed by atoms with Crippen LogP contribution in [0.5, 0.6) is 5.75 Å². The van der Waals surface area contributed by atoms with Gasteiger partial charge in [0.15, 0.2) is 0 Å². The number of anilines is 1. The zero-order valence-electron chi connectivity index (χ0n) is 13.5. The number of rotatable bonds is 6. The fourth-order valence-electron chi connectivity index (χ4n) is 2.08. The first-order valence-corrected chi connectivity index (χ1v) is 9.11. The van der Waals surface area contributed by atoms with E-state index in [1.807, 2.05) is 18.2 Å². The number of amides is 1. The highest BCUT2D eigenvalue weighted by Crippen LogP contribution is 2.26. The summed E-state index contributed by atoms with van der Waals surface area (Å²) in [5.74, 6) is 0.536. The maximum absolute atomic E-state index is 12.2. The van der Waals surface area contributed by atoms with Gasteiger partial charge >= 0.3 is 0 Å². The average molecular weight is 410 g/mol. The Bertz CT molecular complexity index is 935. The van der Waals surface area contributed by atoms with Crippen LogP contribution in [-0.4, -0.2) is 39.0 Å². The van der Waals surface area contributed by atoms with Gasteiger partial charge in [-0.05, 0) is 40.8 Å². The summed E-state index contributed by atoms with van der Waals surface area (Å²) >= 11 is 13.2. The number of hydrogen-bond acceptors (Lipinski definition) is 6. The van der Waals surface area contributed by atoms with Gasteiger partial charge in [-0.3, -0.25) is 4.79 Å². The Kier molecular flexibility index (Phi) is 5.97. The minimum Gasteiger partial charge on any atom is -0.497 e. The molecule has 1 aromatic heterocycles. The van der Waals surface area contributed by atoms with Crippen LogP contribution < -0.4 is 10.1 Å². The van der Waals surface area contributed by atoms with Gasteiger partial charge in [-0.25, -0.2) is 0 Å². The maximum atomic E-state index is 12.2. The van der Waals surface area contributed by atoms with Crippen molar-refractivity contribution in [2.24, 2.45) is 0 Å². The Labute approximate surface area is 163 Å². The smallest absolute Gasteiger partial charge is 0.234 e. The maximum Gasteiger partial charge on any atom is 0.234 e. The lowest BCUT2D eigenvalue weighted by atomic mass is 10.3. The molecule has 1 N–H and O–H groups in total. The van der Waals surface area contributed by atoms with Gasteiger partial charge in [0.1, 0.15) is 5.75 Å². The van der Waals surface area contributed by atoms with E-state index in [9.17, 15) is 4.79 Å². The fourth-order valence-corrected chi connectivity index (χ4v) is 3.11. The summed E-state index contributed by atoms with van der Waals surface area (Å²) in [6, 6.07) is 12.2. The molecular formula is C16H13Cl2N5O2S. The van der Waals surface area contributed by atoms with Crippen LogP contribution in [0.15, 0.2) is 47.6 Å². The van der Waals surface area contributed by atoms with Crippen molar-refractivity contribution in [2.75, 3.05) is 18.2 Å². The summed E-state index contributed by atoms with van der Waals surface area (Å²) in [5, 5.41) is 15.7. The molecule has 0 saturated heterocycles. The van der Waals surface area contributed by atoms with E-state index in [0.717, 1.165) is 5.69 Å². The predicted octanol–water partition coefficient (Wildman–Crippen LogP) is 3.71. The largest absolute Gasteiger partial charge is 0.497 e. The summed E-state index contributed by atoms with van der Waals surface area (Å²) in [5.41, 5.74) is 1.19. The second kappa shape index (κ2) is 8.39. The average Bonchev–Trinajstić information content (AvgIpc) is 3.12. The van der Waals surface area contributed by atoms with E-state index in [4.69, 9.17) is 27.9 Å². The minimum absolute atomic E-state index is 0.104. The summed E-state index contributed by atoms with van der Waals surface area (Å²) in [6.45, 7) is 0. The van der Waals surface area contributed by atoms with Crippen LogP contribution >= 0.6 is 35.0 Å². The lowest BCUT2D eigenvalue weighted by Crippen LogP contribution is -2.15. The van der Waals surface area contributed by atoms with Crippen LogP contribution in [0.1, 0.15) is 0 Å². The summed E-state index contributed by atoms with van der Waals surface area (Å²) in [4.78, 5) is 12.2. The third kappa shape index (κ3) is 4.46. The highest BCUT2D eigenvalue weighted by molar-refractivity contribution is 7.99. The van der Waals surface area contributed by atoms with Gasteiger partial charge < -0.3 is 10.1 Å². The number of methoxy groups -OCH3 is 1. The van der Waals surface area contributed by atoms with Crippen LogP contribution in [0.4, 0.5) is 5.69 Å². The molecule has 0 bridgehead atoms. The summed E-state index contributed by atoms with van der Waals surface area (Å²) in [7, 11) is 1.58. The number of tetrazole rings is 1. The first-order chi connectivity index (χ1) is 12.6. The number of nitrogens with zero attached hydrogens (tertiary/aromatic N) is 4. The second-order valence-corrected chi connectivity index (χ2v) is 6.82. The zero-order valence-corrected chi connectivity index (χ0v) is 15.8. The molecule has 0 saturated carbocycles. The molecule has 3 rings (SSSR count). The minimum atomic E-state index is -0.251. The number of thioether (sulfide) groups is 1. The lowest BCUT2D eigenvalue weighted by molar-refractivity contribution is -0.113. The normalized spacial score (nSPS) is 10.6. The Morgan fingerprint density at radius 3 is 2.92 bits per heavy atom. The summed E-state index contributed by atoms with van der Waals surface area (Å²) in [6.07, 6.45) is 0. The zero-order chi connectivity index (χ0) is 18.5. The van der Waals surface area contributed by atoms with Gasteiger partial charge in [-0.15, -0.1) is 5.10 Å². The van der Waals surface area contributed by atoms with Crippen molar-refractivity contribution in [2.45, 2.75) is 5.16 Å². The molecule has 3 aromatic rings. The van der Waals surface area contributed by atoms with Crippen LogP contribution in [-0.2, 0) is 4.79 Å². The van der Waals surface area contributed by atoms with Crippen LogP contribution in [0, 0.1) is 0 Å². The highest BCUT2D eigenvalue weighted by Gasteiger charge is 2.13. The Morgan fingerprint density at radius 1 is 1.27 bits per heavy atom. The number of aromatic nitrogens is 4. The highest BCUT2D eigenvalue weighted by atomic mass is 35.5. The molecule has 0 aliphatic rings. The van der Waals surface area contributed by atoms with Crippen molar-refractivity contribution in [1.29, 1.82) is 0 Å². The van der Waals surface area contributed by atoms with Gasteiger partial charge in [0.05, 0.1) is 29.3 Å². The number of benzene rings is 2. The molecule has 0 radical (unpaired) electrons. The van der Waals surface area contributed by atoms with E-state index in [0.29, 0.717) is 26.6 Å². The standard InChI is InChI=1S/C16H13Cl2N5O2S/c1-25-12-4-2-3-11(8-12)23-16(20-21-22-23)26-9-15(24)19-14-7-10(17)5-6-13(14)18/h2-8H,9H2,1H3,(H,19,24). The molecule has 0 unspecified atom stereocenters. The molecule has 10 heteroatoms. The van der Waals surface area contributed by atoms with Crippen molar-refractivity contribution in [3.8, 4) is 11.4 Å². The van der Waals surface area contributed by atoms with Crippen molar-refractivity contribution < 1.29 is 9.53 Å². The number of hydrogen-bond donors (Lipinski definition) is 1. The van der Waals surface area contributed by atoms with Gasteiger partial charge in [0, 0.05) is 11.1 Å². The van der Waals surface area contributed by atoms with E-state index in [2.05, 4.69) is 20.8 Å². The van der Waals surface area contributed by atoms with Gasteiger partial charge in [-0.2, -0.15) is 4.68 Å². The Balaban J connectivity index is 1.68. The topological polar surface area (TPSA) is 81.9 Å². The third-order valence-electron chi connectivity index (χ3n) is 3.27. The van der Waals surface area contributed by atoms with Crippen molar-refractivity contribution in [3.05, 3.63) is 52.5 Å². The molecular weight excluding hydrogens is 397 g/mol. The molecule has 26 heavy (non-hydrogen) atoms. The number of halogens is 2. The summed E-state index contributed by atoms with van der Waals surface area (Å²) < 4.78 is 6.74. The van der Waals surface area contributed by atoms with Crippen molar-refractivity contribution in [1.82, 2.24) is 20.2 Å². The quantitative estimate of drug-likeness (QED) is 0.624. The number of ether oxygens (including phenoxy) is 1. The second-order valence-electron chi connectivity index (χ2n) is 5.04. The van der Waals surface area contributed by atoms with Crippen LogP contribution in [0.3, 0.4) is 0 Å². The SMILES string of the molecule is COc1cccc(-n2nnnc2SCC(=O)Nc2cc(Cl)ccc2Cl)c1. The molecule has 0 atom stereocenters. The van der Waals surface area contributed by atoms with E-state index in [1.54, 1.807) is 31.4 Å². The molecule has 2 aromatic carbocycles. The monoisotopic (exact) mass is 409 g/mol. The third-order valence-corrected chi connectivity index (χ3v) is 4.76. The lowest BCUT2D eigenvalue weighted by Gasteiger charge is -2.08. The number of carbonyl (C=O) groups excluding carboxylic acids is 1. The van der Waals surface area contributed by atoms with E-state index in [-0.39, 0.29) is 11.7 Å². The molecule has 0 fully saturated rings. The molecule has 0 aliphatic heterocycles. The van der Waals surface area contributed by atoms with Gasteiger partial charge in [-0.1, -0.05) is 41.0 Å². The van der Waals surface area contributed by atoms with Crippen molar-refractivity contribution in [3.63, 3.8) is 0 Å². The predicted molar refractivity (Wildman–Crippen MR) is 102 cm³/mol. The Hall–Kier alpha value is -2.29. The van der Waals surface area contributed by atoms with E-state index < -0.39 is 0 Å². The fraction of sp³-hybridized carbons (Fsp3) is 0.125. The van der Waals surface area contributed by atoms with Gasteiger partial charge in [0.2, 0.25) is 11.1 Å². The van der Waals surface area contributed by atoms with Crippen LogP contribution in [0.25, 0.3) is 5.69 Å². The Morgan fingerprint density at radius 2 is 2.12 bits per heavy atom. The molecule has 134 valence electrons. The molecule has 1 heterocycles. The molecule has 0 aliphatic carbocycles. The van der Waals surface area contributed by atoms with Crippen LogP contribution in [0.2, 0.25) is 10.0 Å².